The molecule has 1 N–H and O–H groups in total. The number of ether oxygens (including phenoxy) is 1. The number of hydrogen-bond donors (Lipinski definition) is 1. The van der Waals surface area contributed by atoms with Crippen molar-refractivity contribution >= 4 is 15.8 Å². The van der Waals surface area contributed by atoms with Crippen LogP contribution in [0.25, 0.3) is 0 Å². The van der Waals surface area contributed by atoms with Crippen molar-refractivity contribution in [2.75, 3.05) is 25.5 Å². The highest BCUT2D eigenvalue weighted by molar-refractivity contribution is 7.89. The van der Waals surface area contributed by atoms with Crippen molar-refractivity contribution < 1.29 is 13.2 Å². The number of rotatable bonds is 7. The number of anilines is 1. The van der Waals surface area contributed by atoms with Crippen LogP contribution in [-0.4, -0.2) is 47.5 Å². The topological polar surface area (TPSA) is 89.3 Å². The second-order valence-electron chi connectivity index (χ2n) is 7.59. The number of pyridine rings is 1. The summed E-state index contributed by atoms with van der Waals surface area (Å²) in [4.78, 5) is 9.11. The van der Waals surface area contributed by atoms with E-state index in [4.69, 9.17) is 4.74 Å². The van der Waals surface area contributed by atoms with E-state index in [-0.39, 0.29) is 10.9 Å². The van der Waals surface area contributed by atoms with Gasteiger partial charge in [-0.25, -0.2) is 18.4 Å². The molecule has 164 valence electrons. The molecule has 4 rings (SSSR count). The van der Waals surface area contributed by atoms with Gasteiger partial charge < -0.3 is 14.6 Å². The highest BCUT2D eigenvalue weighted by Crippen LogP contribution is 2.28. The molecule has 3 aromatic rings. The third-order valence-electron chi connectivity index (χ3n) is 5.53. The molecule has 1 aliphatic heterocycles. The standard InChI is InChI=1S/C22H27N5O3S/c1-26-14-11-23-22(26)21(17-7-6-8-18(15-17)30-2)25-20-10-9-19(16-24-20)31(28,29)27-12-4-3-5-13-27/h6-11,14-16,21H,3-5,12-13H2,1-2H3,(H,24,25). The first-order valence-corrected chi connectivity index (χ1v) is 11.8. The first-order valence-electron chi connectivity index (χ1n) is 10.3. The number of sulfonamides is 1. The monoisotopic (exact) mass is 441 g/mol. The lowest BCUT2D eigenvalue weighted by molar-refractivity contribution is 0.346. The van der Waals surface area contributed by atoms with Crippen LogP contribution in [-0.2, 0) is 17.1 Å². The van der Waals surface area contributed by atoms with Gasteiger partial charge in [0.05, 0.1) is 7.11 Å². The number of benzene rings is 1. The number of imidazole rings is 1. The van der Waals surface area contributed by atoms with Crippen molar-refractivity contribution in [3.63, 3.8) is 0 Å². The zero-order valence-electron chi connectivity index (χ0n) is 17.7. The average Bonchev–Trinajstić information content (AvgIpc) is 3.24. The molecule has 1 aliphatic rings. The van der Waals surface area contributed by atoms with Crippen LogP contribution in [0.5, 0.6) is 5.75 Å². The second-order valence-corrected chi connectivity index (χ2v) is 9.53. The highest BCUT2D eigenvalue weighted by atomic mass is 32.2. The van der Waals surface area contributed by atoms with Crippen LogP contribution in [0.2, 0.25) is 0 Å². The number of nitrogens with zero attached hydrogens (tertiary/aromatic N) is 4. The van der Waals surface area contributed by atoms with Gasteiger partial charge in [-0.2, -0.15) is 4.31 Å². The smallest absolute Gasteiger partial charge is 0.244 e. The van der Waals surface area contributed by atoms with Crippen molar-refractivity contribution in [1.82, 2.24) is 18.8 Å². The quantitative estimate of drug-likeness (QED) is 0.606. The van der Waals surface area contributed by atoms with E-state index in [9.17, 15) is 8.42 Å². The Hall–Kier alpha value is -2.91. The third kappa shape index (κ3) is 4.57. The Morgan fingerprint density at radius 3 is 2.55 bits per heavy atom. The molecule has 8 nitrogen and oxygen atoms in total. The Morgan fingerprint density at radius 2 is 1.90 bits per heavy atom. The number of piperidine rings is 1. The van der Waals surface area contributed by atoms with Gasteiger partial charge in [0.1, 0.15) is 28.3 Å². The molecule has 31 heavy (non-hydrogen) atoms. The Morgan fingerprint density at radius 1 is 1.10 bits per heavy atom. The molecule has 0 bridgehead atoms. The summed E-state index contributed by atoms with van der Waals surface area (Å²) in [5, 5.41) is 3.39. The summed E-state index contributed by atoms with van der Waals surface area (Å²) in [5.74, 6) is 2.11. The third-order valence-corrected chi connectivity index (χ3v) is 7.41. The Kier molecular flexibility index (Phi) is 6.24. The molecular formula is C22H27N5O3S. The van der Waals surface area contributed by atoms with Gasteiger partial charge in [0.2, 0.25) is 10.0 Å². The van der Waals surface area contributed by atoms with E-state index in [2.05, 4.69) is 15.3 Å². The zero-order valence-corrected chi connectivity index (χ0v) is 18.5. The van der Waals surface area contributed by atoms with Crippen molar-refractivity contribution in [2.24, 2.45) is 7.05 Å². The molecule has 1 atom stereocenters. The molecule has 0 amide bonds. The maximum absolute atomic E-state index is 12.9. The number of aromatic nitrogens is 3. The minimum Gasteiger partial charge on any atom is -0.497 e. The van der Waals surface area contributed by atoms with Crippen LogP contribution in [0, 0.1) is 0 Å². The second kappa shape index (κ2) is 9.07. The minimum absolute atomic E-state index is 0.217. The van der Waals surface area contributed by atoms with Crippen molar-refractivity contribution in [3.8, 4) is 5.75 Å². The van der Waals surface area contributed by atoms with Gasteiger partial charge in [-0.1, -0.05) is 18.6 Å². The Balaban J connectivity index is 1.61. The summed E-state index contributed by atoms with van der Waals surface area (Å²) >= 11 is 0. The van der Waals surface area contributed by atoms with Gasteiger partial charge in [0.15, 0.2) is 0 Å². The van der Waals surface area contributed by atoms with Gasteiger partial charge in [-0.05, 0) is 42.7 Å². The molecule has 0 radical (unpaired) electrons. The van der Waals surface area contributed by atoms with E-state index in [0.717, 1.165) is 36.4 Å². The SMILES string of the molecule is COc1cccc(C(Nc2ccc(S(=O)(=O)N3CCCCC3)cn2)c2nccn2C)c1. The van der Waals surface area contributed by atoms with Gasteiger partial charge in [-0.3, -0.25) is 0 Å². The summed E-state index contributed by atoms with van der Waals surface area (Å²) < 4.78 is 34.6. The predicted octanol–water partition coefficient (Wildman–Crippen LogP) is 3.20. The highest BCUT2D eigenvalue weighted by Gasteiger charge is 2.26. The molecule has 9 heteroatoms. The van der Waals surface area contributed by atoms with Crippen LogP contribution >= 0.6 is 0 Å². The number of nitrogens with one attached hydrogen (secondary N) is 1. The van der Waals surface area contributed by atoms with Gasteiger partial charge >= 0.3 is 0 Å². The van der Waals surface area contributed by atoms with Crippen LogP contribution < -0.4 is 10.1 Å². The van der Waals surface area contributed by atoms with E-state index in [0.29, 0.717) is 18.9 Å². The zero-order chi connectivity index (χ0) is 21.8. The fourth-order valence-electron chi connectivity index (χ4n) is 3.79. The molecule has 0 aliphatic carbocycles. The minimum atomic E-state index is -3.51. The molecule has 1 fully saturated rings. The van der Waals surface area contributed by atoms with E-state index in [1.54, 1.807) is 29.7 Å². The first kappa shape index (κ1) is 21.3. The van der Waals surface area contributed by atoms with Crippen LogP contribution in [0.1, 0.15) is 36.7 Å². The fourth-order valence-corrected chi connectivity index (χ4v) is 5.26. The number of aryl methyl sites for hydroxylation is 1. The van der Waals surface area contributed by atoms with Crippen molar-refractivity contribution in [3.05, 3.63) is 66.4 Å². The number of methoxy groups -OCH3 is 1. The molecule has 0 saturated carbocycles. The van der Waals surface area contributed by atoms with E-state index in [1.807, 2.05) is 42.1 Å². The van der Waals surface area contributed by atoms with Crippen LogP contribution in [0.4, 0.5) is 5.82 Å². The summed E-state index contributed by atoms with van der Waals surface area (Å²) in [6.07, 6.45) is 7.92. The summed E-state index contributed by atoms with van der Waals surface area (Å²) in [7, 11) is 0.0515. The Labute approximate surface area is 183 Å². The molecule has 0 spiro atoms. The molecule has 3 heterocycles. The molecule has 1 aromatic carbocycles. The molecular weight excluding hydrogens is 414 g/mol. The average molecular weight is 442 g/mol. The van der Waals surface area contributed by atoms with Crippen molar-refractivity contribution in [2.45, 2.75) is 30.2 Å². The van der Waals surface area contributed by atoms with Gasteiger partial charge in [-0.15, -0.1) is 0 Å². The Bertz CT molecular complexity index is 1120. The van der Waals surface area contributed by atoms with Gasteiger partial charge in [0, 0.05) is 38.7 Å². The maximum atomic E-state index is 12.9. The lowest BCUT2D eigenvalue weighted by atomic mass is 10.1. The molecule has 2 aromatic heterocycles. The van der Waals surface area contributed by atoms with Crippen molar-refractivity contribution in [1.29, 1.82) is 0 Å². The van der Waals surface area contributed by atoms with Crippen LogP contribution in [0.3, 0.4) is 0 Å². The fraction of sp³-hybridized carbons (Fsp3) is 0.364. The maximum Gasteiger partial charge on any atom is 0.244 e. The van der Waals surface area contributed by atoms with Gasteiger partial charge in [0.25, 0.3) is 0 Å². The summed E-state index contributed by atoms with van der Waals surface area (Å²) in [6.45, 7) is 1.14. The molecule has 1 saturated heterocycles. The van der Waals surface area contributed by atoms with E-state index >= 15 is 0 Å². The van der Waals surface area contributed by atoms with E-state index in [1.165, 1.54) is 6.20 Å². The molecule has 1 unspecified atom stereocenters. The lowest BCUT2D eigenvalue weighted by Gasteiger charge is -2.26. The number of hydrogen-bond acceptors (Lipinski definition) is 6. The van der Waals surface area contributed by atoms with E-state index < -0.39 is 10.0 Å². The first-order chi connectivity index (χ1) is 15.0. The summed E-state index contributed by atoms with van der Waals surface area (Å²) in [6, 6.07) is 10.8. The van der Waals surface area contributed by atoms with Crippen LogP contribution in [0.15, 0.2) is 59.9 Å². The normalized spacial score (nSPS) is 16.1. The lowest BCUT2D eigenvalue weighted by Crippen LogP contribution is -2.35. The predicted molar refractivity (Wildman–Crippen MR) is 119 cm³/mol. The summed E-state index contributed by atoms with van der Waals surface area (Å²) in [5.41, 5.74) is 0.959. The largest absolute Gasteiger partial charge is 0.497 e.